The number of nitrogens with one attached hydrogen (secondary N) is 1. The lowest BCUT2D eigenvalue weighted by Gasteiger charge is -2.36. The van der Waals surface area contributed by atoms with Crippen LogP contribution in [0.4, 0.5) is 0 Å². The Morgan fingerprint density at radius 1 is 1.21 bits per heavy atom. The molecule has 0 bridgehead atoms. The third-order valence-corrected chi connectivity index (χ3v) is 7.48. The molecule has 0 saturated heterocycles. The number of hydrogen-bond donors (Lipinski definition) is 2. The standard InChI is InChI=1S/C22H30N2O4S/c1-15-5-7-18(8-6-15)19-9-10-22-20(11-19)28-21(12-23-4)16(2)13-24(17(3)14-25)29(22,26)27/h5-11,16-17,21,23,25H,12-14H2,1-4H3/t16-,17+,21+/m0/s1. The molecule has 0 amide bonds. The van der Waals surface area contributed by atoms with E-state index in [1.807, 2.05) is 51.2 Å². The van der Waals surface area contributed by atoms with Crippen LogP contribution in [0.3, 0.4) is 0 Å². The molecule has 2 aromatic rings. The SMILES string of the molecule is CNC[C@H]1Oc2cc(-c3ccc(C)cc3)ccc2S(=O)(=O)N([C@H](C)CO)C[C@@H]1C. The molecule has 2 aromatic carbocycles. The topological polar surface area (TPSA) is 78.9 Å². The van der Waals surface area contributed by atoms with E-state index in [1.165, 1.54) is 4.31 Å². The van der Waals surface area contributed by atoms with Crippen molar-refractivity contribution in [1.29, 1.82) is 0 Å². The van der Waals surface area contributed by atoms with Crippen molar-refractivity contribution in [2.24, 2.45) is 5.92 Å². The molecule has 0 saturated carbocycles. The number of ether oxygens (including phenoxy) is 1. The molecule has 0 radical (unpaired) electrons. The number of benzene rings is 2. The van der Waals surface area contributed by atoms with Gasteiger partial charge in [-0.2, -0.15) is 4.31 Å². The Kier molecular flexibility index (Phi) is 6.63. The van der Waals surface area contributed by atoms with Crippen molar-refractivity contribution in [3.8, 4) is 16.9 Å². The molecule has 29 heavy (non-hydrogen) atoms. The number of aryl methyl sites for hydroxylation is 1. The first-order valence-electron chi connectivity index (χ1n) is 9.93. The van der Waals surface area contributed by atoms with Crippen molar-refractivity contribution in [3.63, 3.8) is 0 Å². The van der Waals surface area contributed by atoms with Crippen molar-refractivity contribution in [3.05, 3.63) is 48.0 Å². The molecule has 158 valence electrons. The molecule has 1 aliphatic heterocycles. The summed E-state index contributed by atoms with van der Waals surface area (Å²) in [5.41, 5.74) is 3.06. The van der Waals surface area contributed by atoms with Crippen LogP contribution in [0.25, 0.3) is 11.1 Å². The molecule has 2 N–H and O–H groups in total. The highest BCUT2D eigenvalue weighted by molar-refractivity contribution is 7.89. The molecule has 7 heteroatoms. The number of likely N-dealkylation sites (N-methyl/N-ethyl adjacent to an activating group) is 1. The van der Waals surface area contributed by atoms with Crippen molar-refractivity contribution in [2.45, 2.75) is 37.8 Å². The third kappa shape index (κ3) is 4.48. The van der Waals surface area contributed by atoms with Gasteiger partial charge in [0.25, 0.3) is 0 Å². The molecular weight excluding hydrogens is 388 g/mol. The van der Waals surface area contributed by atoms with Crippen molar-refractivity contribution in [1.82, 2.24) is 9.62 Å². The fourth-order valence-electron chi connectivity index (χ4n) is 3.60. The van der Waals surface area contributed by atoms with Gasteiger partial charge in [0.1, 0.15) is 16.7 Å². The fourth-order valence-corrected chi connectivity index (χ4v) is 5.42. The molecule has 1 heterocycles. The van der Waals surface area contributed by atoms with E-state index in [-0.39, 0.29) is 30.1 Å². The minimum absolute atomic E-state index is 0.0533. The highest BCUT2D eigenvalue weighted by atomic mass is 32.2. The van der Waals surface area contributed by atoms with E-state index >= 15 is 0 Å². The highest BCUT2D eigenvalue weighted by Crippen LogP contribution is 2.36. The second kappa shape index (κ2) is 8.83. The van der Waals surface area contributed by atoms with Crippen LogP contribution < -0.4 is 10.1 Å². The average molecular weight is 419 g/mol. The summed E-state index contributed by atoms with van der Waals surface area (Å²) < 4.78 is 34.4. The number of hydrogen-bond acceptors (Lipinski definition) is 5. The summed E-state index contributed by atoms with van der Waals surface area (Å²) >= 11 is 0. The summed E-state index contributed by atoms with van der Waals surface area (Å²) in [7, 11) is -1.95. The zero-order valence-corrected chi connectivity index (χ0v) is 18.2. The molecule has 0 fully saturated rings. The van der Waals surface area contributed by atoms with Gasteiger partial charge < -0.3 is 15.2 Å². The number of nitrogens with zero attached hydrogens (tertiary/aromatic N) is 1. The fraction of sp³-hybridized carbons (Fsp3) is 0.455. The van der Waals surface area contributed by atoms with Crippen LogP contribution in [0.1, 0.15) is 19.4 Å². The average Bonchev–Trinajstić information content (AvgIpc) is 2.70. The Labute approximate surface area is 173 Å². The van der Waals surface area contributed by atoms with Gasteiger partial charge in [-0.15, -0.1) is 0 Å². The second-order valence-corrected chi connectivity index (χ2v) is 9.68. The largest absolute Gasteiger partial charge is 0.487 e. The zero-order valence-electron chi connectivity index (χ0n) is 17.4. The van der Waals surface area contributed by atoms with E-state index < -0.39 is 16.1 Å². The van der Waals surface area contributed by atoms with Gasteiger partial charge in [-0.1, -0.05) is 42.8 Å². The minimum atomic E-state index is -3.80. The lowest BCUT2D eigenvalue weighted by molar-refractivity contribution is 0.103. The second-order valence-electron chi connectivity index (χ2n) is 7.83. The van der Waals surface area contributed by atoms with Crippen molar-refractivity contribution < 1.29 is 18.3 Å². The van der Waals surface area contributed by atoms with E-state index in [9.17, 15) is 13.5 Å². The highest BCUT2D eigenvalue weighted by Gasteiger charge is 2.37. The molecule has 0 spiro atoms. The van der Waals surface area contributed by atoms with Gasteiger partial charge in [0.2, 0.25) is 10.0 Å². The molecule has 0 unspecified atom stereocenters. The van der Waals surface area contributed by atoms with E-state index in [2.05, 4.69) is 5.32 Å². The maximum atomic E-state index is 13.4. The Balaban J connectivity index is 2.14. The third-order valence-electron chi connectivity index (χ3n) is 5.46. The van der Waals surface area contributed by atoms with Gasteiger partial charge in [-0.25, -0.2) is 8.42 Å². The van der Waals surface area contributed by atoms with Gasteiger partial charge in [-0.05, 0) is 44.2 Å². The summed E-state index contributed by atoms with van der Waals surface area (Å²) in [6.45, 7) is 6.37. The first-order chi connectivity index (χ1) is 13.8. The van der Waals surface area contributed by atoms with Crippen LogP contribution >= 0.6 is 0 Å². The van der Waals surface area contributed by atoms with E-state index in [4.69, 9.17) is 4.74 Å². The number of fused-ring (bicyclic) bond motifs is 1. The van der Waals surface area contributed by atoms with Crippen LogP contribution in [-0.4, -0.2) is 56.7 Å². The first-order valence-corrected chi connectivity index (χ1v) is 11.4. The van der Waals surface area contributed by atoms with Gasteiger partial charge in [-0.3, -0.25) is 0 Å². The quantitative estimate of drug-likeness (QED) is 0.781. The Morgan fingerprint density at radius 2 is 1.86 bits per heavy atom. The zero-order chi connectivity index (χ0) is 21.2. The molecular formula is C22H30N2O4S. The predicted molar refractivity (Wildman–Crippen MR) is 115 cm³/mol. The normalized spacial score (nSPS) is 22.8. The van der Waals surface area contributed by atoms with Crippen LogP contribution in [0.2, 0.25) is 0 Å². The molecule has 3 rings (SSSR count). The summed E-state index contributed by atoms with van der Waals surface area (Å²) in [5.74, 6) is 0.299. The molecule has 3 atom stereocenters. The Morgan fingerprint density at radius 3 is 2.48 bits per heavy atom. The lowest BCUT2D eigenvalue weighted by atomic mass is 10.0. The van der Waals surface area contributed by atoms with Gasteiger partial charge >= 0.3 is 0 Å². The number of aliphatic hydroxyl groups excluding tert-OH is 1. The Hall–Kier alpha value is -1.93. The smallest absolute Gasteiger partial charge is 0.247 e. The number of sulfonamides is 1. The van der Waals surface area contributed by atoms with Crippen LogP contribution in [0.5, 0.6) is 5.75 Å². The van der Waals surface area contributed by atoms with E-state index in [0.717, 1.165) is 16.7 Å². The first kappa shape index (κ1) is 21.8. The lowest BCUT2D eigenvalue weighted by Crippen LogP contribution is -2.49. The van der Waals surface area contributed by atoms with E-state index in [0.29, 0.717) is 12.3 Å². The molecule has 0 aromatic heterocycles. The molecule has 6 nitrogen and oxygen atoms in total. The van der Waals surface area contributed by atoms with Crippen LogP contribution in [-0.2, 0) is 10.0 Å². The molecule has 1 aliphatic rings. The van der Waals surface area contributed by atoms with Gasteiger partial charge in [0, 0.05) is 25.0 Å². The number of aliphatic hydroxyl groups is 1. The maximum Gasteiger partial charge on any atom is 0.247 e. The maximum absolute atomic E-state index is 13.4. The van der Waals surface area contributed by atoms with Gasteiger partial charge in [0.05, 0.1) is 6.61 Å². The number of rotatable bonds is 5. The van der Waals surface area contributed by atoms with Crippen molar-refractivity contribution in [2.75, 3.05) is 26.7 Å². The monoisotopic (exact) mass is 418 g/mol. The van der Waals surface area contributed by atoms with Crippen molar-refractivity contribution >= 4 is 10.0 Å². The Bertz CT molecular complexity index is 944. The van der Waals surface area contributed by atoms with Gasteiger partial charge in [0.15, 0.2) is 0 Å². The van der Waals surface area contributed by atoms with E-state index in [1.54, 1.807) is 19.1 Å². The molecule has 0 aliphatic carbocycles. The predicted octanol–water partition coefficient (Wildman–Crippen LogP) is 2.65. The van der Waals surface area contributed by atoms with Crippen LogP contribution in [0.15, 0.2) is 47.4 Å². The summed E-state index contributed by atoms with van der Waals surface area (Å²) in [6, 6.07) is 12.8. The summed E-state index contributed by atoms with van der Waals surface area (Å²) in [6.07, 6.45) is -0.198. The van der Waals surface area contributed by atoms with Crippen LogP contribution in [0, 0.1) is 12.8 Å². The summed E-state index contributed by atoms with van der Waals surface area (Å²) in [4.78, 5) is 0.140. The summed E-state index contributed by atoms with van der Waals surface area (Å²) in [5, 5.41) is 12.8. The minimum Gasteiger partial charge on any atom is -0.487 e.